The lowest BCUT2D eigenvalue weighted by Crippen LogP contribution is -2.64. The number of aryl methyl sites for hydroxylation is 1. The monoisotopic (exact) mass is 1170 g/mol. The Balaban J connectivity index is 0.750. The highest BCUT2D eigenvalue weighted by molar-refractivity contribution is 7.90. The summed E-state index contributed by atoms with van der Waals surface area (Å²) in [7, 11) is -3.01. The number of sulfonamides is 1. The van der Waals surface area contributed by atoms with E-state index in [-0.39, 0.29) is 41.3 Å². The lowest BCUT2D eigenvalue weighted by atomic mass is 9.53. The third kappa shape index (κ3) is 10.9. The van der Waals surface area contributed by atoms with Gasteiger partial charge in [-0.15, -0.1) is 0 Å². The number of hydrogen-bond donors (Lipinski definition) is 3. The summed E-state index contributed by atoms with van der Waals surface area (Å²) in [6, 6.07) is 21.7. The number of rotatable bonds is 15. The molecule has 84 heavy (non-hydrogen) atoms. The Kier molecular flexibility index (Phi) is 15.6. The molecule has 6 fully saturated rings. The van der Waals surface area contributed by atoms with Gasteiger partial charge in [0, 0.05) is 114 Å². The molecule has 2 aromatic carbocycles. The van der Waals surface area contributed by atoms with Gasteiger partial charge in [-0.1, -0.05) is 31.2 Å². The fourth-order valence-corrected chi connectivity index (χ4v) is 15.2. The normalized spacial score (nSPS) is 24.0. The highest BCUT2D eigenvalue weighted by atomic mass is 32.2. The van der Waals surface area contributed by atoms with Gasteiger partial charge in [-0.25, -0.2) is 14.7 Å². The van der Waals surface area contributed by atoms with Crippen molar-refractivity contribution in [3.05, 3.63) is 118 Å². The number of hydrogen-bond acceptors (Lipinski definition) is 19. The second kappa shape index (κ2) is 23.4. The first kappa shape index (κ1) is 56.0. The molecule has 23 heteroatoms. The molecule has 6 aliphatic heterocycles. The standard InChI is InChI=1S/C61H74N12O10S/c1-39-6-4-5-7-45(39)53-37-68(36-42-28-54(79-3)58(65-34-42)70-21-26-81-27-22-70)19-20-71(53)52-32-61(40(52)2)14-17-69(18-15-61)44-8-9-46(49(30-44)72-48-13-25-82-38-55(48)83-60-51(72)29-43-10-16-62-57(43)66-60)59(74)67-84(77,78)56-31-50(73(75)76)47(35-64-56)63-33-41-11-23-80-24-12-41/h4-10,16,28-31,34-35,40-41,48,52-53,55,63H,11-15,17-27,32-33,36-38H2,1-3H3,(H,62,66)(H,67,74)/t40?,48-,52?,53-,55-/m0/s1. The molecule has 1 aliphatic carbocycles. The van der Waals surface area contributed by atoms with Crippen molar-refractivity contribution in [2.24, 2.45) is 17.3 Å². The van der Waals surface area contributed by atoms with E-state index in [9.17, 15) is 23.3 Å². The molecular weight excluding hydrogens is 1090 g/mol. The largest absolute Gasteiger partial charge is 0.493 e. The number of piperidine rings is 1. The second-order valence-corrected chi connectivity index (χ2v) is 25.4. The number of morpholine rings is 1. The van der Waals surface area contributed by atoms with Gasteiger partial charge in [0.2, 0.25) is 5.88 Å². The molecule has 444 valence electrons. The van der Waals surface area contributed by atoms with Crippen molar-refractivity contribution < 1.29 is 41.8 Å². The molecule has 1 saturated carbocycles. The second-order valence-electron chi connectivity index (χ2n) is 23.8. The summed E-state index contributed by atoms with van der Waals surface area (Å²) in [5, 5.41) is 15.7. The van der Waals surface area contributed by atoms with Crippen LogP contribution < -0.4 is 34.2 Å². The van der Waals surface area contributed by atoms with Crippen molar-refractivity contribution in [2.75, 3.05) is 119 Å². The molecule has 10 heterocycles. The van der Waals surface area contributed by atoms with Crippen LogP contribution in [0.5, 0.6) is 11.6 Å². The minimum absolute atomic E-state index is 0.0872. The zero-order chi connectivity index (χ0) is 57.7. The molecule has 1 amide bonds. The molecule has 2 unspecified atom stereocenters. The number of pyridine rings is 3. The number of nitrogens with one attached hydrogen (secondary N) is 3. The molecule has 22 nitrogen and oxygen atoms in total. The highest BCUT2D eigenvalue weighted by Gasteiger charge is 2.55. The van der Waals surface area contributed by atoms with E-state index in [1.807, 2.05) is 36.7 Å². The van der Waals surface area contributed by atoms with Crippen LogP contribution in [0.15, 0.2) is 90.3 Å². The smallest absolute Gasteiger partial charge is 0.296 e. The Bertz CT molecular complexity index is 3530. The number of nitro groups is 1. The van der Waals surface area contributed by atoms with Crippen LogP contribution in [0.4, 0.5) is 34.3 Å². The molecule has 5 saturated heterocycles. The first-order valence-corrected chi connectivity index (χ1v) is 31.1. The Labute approximate surface area is 489 Å². The van der Waals surface area contributed by atoms with Crippen LogP contribution in [-0.4, -0.2) is 166 Å². The topological polar surface area (TPSA) is 235 Å². The molecule has 0 radical (unpaired) electrons. The number of aromatic amines is 1. The predicted molar refractivity (Wildman–Crippen MR) is 317 cm³/mol. The fraction of sp³-hybridized carbons (Fsp3) is 0.508. The third-order valence-corrected chi connectivity index (χ3v) is 20.4. The summed E-state index contributed by atoms with van der Waals surface area (Å²) < 4.78 is 60.1. The molecule has 7 aliphatic rings. The van der Waals surface area contributed by atoms with E-state index in [0.29, 0.717) is 80.9 Å². The van der Waals surface area contributed by atoms with Crippen LogP contribution in [0.3, 0.4) is 0 Å². The number of carbonyl (C=O) groups is 1. The molecule has 4 aromatic heterocycles. The van der Waals surface area contributed by atoms with Crippen LogP contribution in [0.1, 0.15) is 78.5 Å². The summed E-state index contributed by atoms with van der Waals surface area (Å²) in [5.74, 6) is 1.80. The van der Waals surface area contributed by atoms with Crippen LogP contribution >= 0.6 is 0 Å². The number of aromatic nitrogens is 4. The van der Waals surface area contributed by atoms with Crippen molar-refractivity contribution in [2.45, 2.75) is 88.2 Å². The number of benzene rings is 2. The van der Waals surface area contributed by atoms with Gasteiger partial charge in [0.25, 0.3) is 21.6 Å². The van der Waals surface area contributed by atoms with E-state index in [4.69, 9.17) is 33.7 Å². The van der Waals surface area contributed by atoms with Gasteiger partial charge >= 0.3 is 0 Å². The van der Waals surface area contributed by atoms with Crippen LogP contribution in [0, 0.1) is 34.3 Å². The number of methoxy groups -OCH3 is 1. The van der Waals surface area contributed by atoms with E-state index < -0.39 is 37.7 Å². The first-order chi connectivity index (χ1) is 40.8. The van der Waals surface area contributed by atoms with Crippen molar-refractivity contribution in [1.29, 1.82) is 0 Å². The molecule has 13 rings (SSSR count). The molecule has 0 bridgehead atoms. The van der Waals surface area contributed by atoms with Crippen molar-refractivity contribution >= 4 is 61.2 Å². The molecule has 3 N–H and O–H groups in total. The number of nitrogens with zero attached hydrogens (tertiary/aromatic N) is 9. The lowest BCUT2D eigenvalue weighted by Gasteiger charge is -2.62. The van der Waals surface area contributed by atoms with E-state index >= 15 is 0 Å². The number of fused-ring (bicyclic) bond motifs is 3. The summed E-state index contributed by atoms with van der Waals surface area (Å²) in [6.45, 7) is 15.2. The van der Waals surface area contributed by atoms with Crippen LogP contribution in [0.25, 0.3) is 11.0 Å². The number of amides is 1. The summed E-state index contributed by atoms with van der Waals surface area (Å²) in [6.07, 6.45) is 9.76. The lowest BCUT2D eigenvalue weighted by molar-refractivity contribution is -0.384. The Morgan fingerprint density at radius 1 is 0.881 bits per heavy atom. The van der Waals surface area contributed by atoms with Gasteiger partial charge in [0.15, 0.2) is 16.6 Å². The van der Waals surface area contributed by atoms with Gasteiger partial charge in [-0.05, 0) is 116 Å². The average Bonchev–Trinajstić information content (AvgIpc) is 1.50. The minimum Gasteiger partial charge on any atom is -0.493 e. The number of ether oxygens (including phenoxy) is 5. The fourth-order valence-electron chi connectivity index (χ4n) is 14.3. The zero-order valence-corrected chi connectivity index (χ0v) is 48.7. The highest BCUT2D eigenvalue weighted by Crippen LogP contribution is 2.57. The van der Waals surface area contributed by atoms with E-state index in [0.717, 1.165) is 125 Å². The van der Waals surface area contributed by atoms with Gasteiger partial charge in [-0.2, -0.15) is 13.4 Å². The van der Waals surface area contributed by atoms with Crippen LogP contribution in [-0.2, 0) is 30.8 Å². The Hall–Kier alpha value is -7.15. The first-order valence-electron chi connectivity index (χ1n) is 29.7. The predicted octanol–water partition coefficient (Wildman–Crippen LogP) is 7.61. The van der Waals surface area contributed by atoms with Gasteiger partial charge in [0.1, 0.15) is 23.1 Å². The molecule has 6 aromatic rings. The number of anilines is 5. The average molecular weight is 1170 g/mol. The van der Waals surface area contributed by atoms with Gasteiger partial charge in [-0.3, -0.25) is 24.7 Å². The Morgan fingerprint density at radius 2 is 1.68 bits per heavy atom. The minimum atomic E-state index is -4.74. The summed E-state index contributed by atoms with van der Waals surface area (Å²) >= 11 is 0. The van der Waals surface area contributed by atoms with E-state index in [1.54, 1.807) is 13.2 Å². The van der Waals surface area contributed by atoms with Crippen molar-refractivity contribution in [3.63, 3.8) is 0 Å². The number of carbonyl (C=O) groups excluding carboxylic acids is 1. The maximum atomic E-state index is 14.8. The molecular formula is C61H74N12O10S. The zero-order valence-electron chi connectivity index (χ0n) is 47.9. The SMILES string of the molecule is COc1cc(CN2CCN(C3CC4(CCN(c5ccc(C(=O)NS(=O)(=O)c6cc([N+](=O)[O-])c(NCC7CCOCC7)cn6)c(N6c7cc8cc[nH]c8nc7O[C@H]7COCC[C@@H]76)c5)CC4)C3C)[C@H](c3ccccc3C)C2)cnc1N1CCOCC1. The van der Waals surface area contributed by atoms with E-state index in [2.05, 4.69) is 88.7 Å². The third-order valence-electron chi connectivity index (χ3n) is 19.2. The number of H-pyrrole nitrogens is 1. The maximum Gasteiger partial charge on any atom is 0.296 e. The van der Waals surface area contributed by atoms with Gasteiger partial charge in [0.05, 0.1) is 61.4 Å². The summed E-state index contributed by atoms with van der Waals surface area (Å²) in [4.78, 5) is 55.8. The van der Waals surface area contributed by atoms with Crippen LogP contribution in [0.2, 0.25) is 0 Å². The van der Waals surface area contributed by atoms with Gasteiger partial charge < -0.3 is 48.7 Å². The van der Waals surface area contributed by atoms with E-state index in [1.165, 1.54) is 11.1 Å². The maximum absolute atomic E-state index is 14.8. The quantitative estimate of drug-likeness (QED) is 0.0662. The molecule has 1 spiro atoms. The summed E-state index contributed by atoms with van der Waals surface area (Å²) in [5.41, 5.74) is 6.33. The Morgan fingerprint density at radius 3 is 2.46 bits per heavy atom. The molecule has 5 atom stereocenters. The van der Waals surface area contributed by atoms with Crippen molar-refractivity contribution in [3.8, 4) is 11.6 Å². The number of piperazine rings is 1. The van der Waals surface area contributed by atoms with Crippen molar-refractivity contribution in [1.82, 2.24) is 34.5 Å².